The highest BCUT2D eigenvalue weighted by atomic mass is 35.5. The SMILES string of the molecule is O=C(CCc1ccc(S(=O)(=O)NCc2ccccc2)cc1)Nc1ccc(Cl)c(Cl)c1. The van der Waals surface area contributed by atoms with Crippen LogP contribution in [-0.4, -0.2) is 14.3 Å². The maximum Gasteiger partial charge on any atom is 0.240 e. The van der Waals surface area contributed by atoms with Crippen LogP contribution in [-0.2, 0) is 27.8 Å². The Morgan fingerprint density at radius 1 is 0.833 bits per heavy atom. The molecule has 3 rings (SSSR count). The van der Waals surface area contributed by atoms with E-state index in [0.717, 1.165) is 11.1 Å². The number of carbonyl (C=O) groups excluding carboxylic acids is 1. The first-order chi connectivity index (χ1) is 14.3. The van der Waals surface area contributed by atoms with E-state index in [2.05, 4.69) is 10.0 Å². The summed E-state index contributed by atoms with van der Waals surface area (Å²) in [5.74, 6) is -0.172. The van der Waals surface area contributed by atoms with Crippen molar-refractivity contribution in [1.82, 2.24) is 4.72 Å². The Labute approximate surface area is 186 Å². The van der Waals surface area contributed by atoms with Crippen LogP contribution in [0.5, 0.6) is 0 Å². The van der Waals surface area contributed by atoms with Crippen molar-refractivity contribution in [2.24, 2.45) is 0 Å². The molecular weight excluding hydrogens is 443 g/mol. The largest absolute Gasteiger partial charge is 0.326 e. The van der Waals surface area contributed by atoms with E-state index in [1.54, 1.807) is 42.5 Å². The smallest absolute Gasteiger partial charge is 0.240 e. The second kappa shape index (κ2) is 10.1. The van der Waals surface area contributed by atoms with Gasteiger partial charge in [-0.15, -0.1) is 0 Å². The van der Waals surface area contributed by atoms with Crippen LogP contribution in [0.1, 0.15) is 17.5 Å². The number of aryl methyl sites for hydroxylation is 1. The van der Waals surface area contributed by atoms with Gasteiger partial charge in [0.2, 0.25) is 15.9 Å². The summed E-state index contributed by atoms with van der Waals surface area (Å²) in [7, 11) is -3.61. The minimum Gasteiger partial charge on any atom is -0.326 e. The van der Waals surface area contributed by atoms with Gasteiger partial charge < -0.3 is 5.32 Å². The molecule has 0 unspecified atom stereocenters. The van der Waals surface area contributed by atoms with E-state index in [4.69, 9.17) is 23.2 Å². The van der Waals surface area contributed by atoms with Crippen molar-refractivity contribution in [2.45, 2.75) is 24.3 Å². The van der Waals surface area contributed by atoms with Gasteiger partial charge in [-0.2, -0.15) is 0 Å². The minimum atomic E-state index is -3.61. The van der Waals surface area contributed by atoms with E-state index in [9.17, 15) is 13.2 Å². The van der Waals surface area contributed by atoms with Crippen LogP contribution in [0.4, 0.5) is 5.69 Å². The van der Waals surface area contributed by atoms with Gasteiger partial charge in [0, 0.05) is 18.7 Å². The normalized spacial score (nSPS) is 11.3. The highest BCUT2D eigenvalue weighted by Gasteiger charge is 2.13. The Morgan fingerprint density at radius 3 is 2.20 bits per heavy atom. The molecule has 0 atom stereocenters. The van der Waals surface area contributed by atoms with E-state index in [-0.39, 0.29) is 23.8 Å². The zero-order valence-corrected chi connectivity index (χ0v) is 18.3. The third-order valence-electron chi connectivity index (χ3n) is 4.39. The van der Waals surface area contributed by atoms with Gasteiger partial charge in [-0.3, -0.25) is 4.79 Å². The summed E-state index contributed by atoms with van der Waals surface area (Å²) < 4.78 is 27.5. The van der Waals surface area contributed by atoms with Gasteiger partial charge >= 0.3 is 0 Å². The van der Waals surface area contributed by atoms with E-state index in [1.807, 2.05) is 30.3 Å². The molecule has 3 aromatic rings. The van der Waals surface area contributed by atoms with Gasteiger partial charge in [-0.05, 0) is 47.9 Å². The molecule has 0 heterocycles. The van der Waals surface area contributed by atoms with Crippen LogP contribution >= 0.6 is 23.2 Å². The lowest BCUT2D eigenvalue weighted by atomic mass is 10.1. The molecule has 1 amide bonds. The van der Waals surface area contributed by atoms with Crippen molar-refractivity contribution in [2.75, 3.05) is 5.32 Å². The highest BCUT2D eigenvalue weighted by molar-refractivity contribution is 7.89. The van der Waals surface area contributed by atoms with Crippen LogP contribution in [0.3, 0.4) is 0 Å². The number of nitrogens with one attached hydrogen (secondary N) is 2. The summed E-state index contributed by atoms with van der Waals surface area (Å²) in [4.78, 5) is 12.3. The standard InChI is InChI=1S/C22H20Cl2N2O3S/c23-20-12-9-18(14-21(20)24)26-22(27)13-8-16-6-10-19(11-7-16)30(28,29)25-15-17-4-2-1-3-5-17/h1-7,9-12,14,25H,8,13,15H2,(H,26,27). The van der Waals surface area contributed by atoms with Gasteiger partial charge in [0.15, 0.2) is 0 Å². The number of anilines is 1. The molecule has 0 saturated carbocycles. The van der Waals surface area contributed by atoms with Crippen LogP contribution < -0.4 is 10.0 Å². The topological polar surface area (TPSA) is 75.3 Å². The number of amides is 1. The maximum atomic E-state index is 12.4. The zero-order valence-electron chi connectivity index (χ0n) is 15.9. The van der Waals surface area contributed by atoms with E-state index < -0.39 is 10.0 Å². The third kappa shape index (κ3) is 6.31. The molecule has 5 nitrogen and oxygen atoms in total. The van der Waals surface area contributed by atoms with Crippen LogP contribution in [0.15, 0.2) is 77.7 Å². The molecule has 0 spiro atoms. The van der Waals surface area contributed by atoms with Gasteiger partial charge in [-0.25, -0.2) is 13.1 Å². The second-order valence-corrected chi connectivity index (χ2v) is 9.21. The average molecular weight is 463 g/mol. The molecule has 3 aromatic carbocycles. The lowest BCUT2D eigenvalue weighted by Gasteiger charge is -2.09. The fourth-order valence-electron chi connectivity index (χ4n) is 2.75. The molecule has 2 N–H and O–H groups in total. The molecule has 156 valence electrons. The first kappa shape index (κ1) is 22.3. The molecule has 0 fully saturated rings. The Hall–Kier alpha value is -2.38. The first-order valence-corrected chi connectivity index (χ1v) is 11.4. The summed E-state index contributed by atoms with van der Waals surface area (Å²) >= 11 is 11.8. The predicted molar refractivity (Wildman–Crippen MR) is 120 cm³/mol. The van der Waals surface area contributed by atoms with Crippen LogP contribution in [0.2, 0.25) is 10.0 Å². The zero-order chi connectivity index (χ0) is 21.6. The summed E-state index contributed by atoms with van der Waals surface area (Å²) in [6, 6.07) is 20.7. The lowest BCUT2D eigenvalue weighted by molar-refractivity contribution is -0.116. The number of hydrogen-bond acceptors (Lipinski definition) is 3. The molecule has 0 aromatic heterocycles. The Morgan fingerprint density at radius 2 is 1.53 bits per heavy atom. The molecule has 0 saturated heterocycles. The van der Waals surface area contributed by atoms with Crippen molar-refractivity contribution < 1.29 is 13.2 Å². The molecule has 0 aliphatic rings. The Balaban J connectivity index is 1.53. The summed E-state index contributed by atoms with van der Waals surface area (Å²) in [5.41, 5.74) is 2.31. The van der Waals surface area contributed by atoms with Gasteiger partial charge in [0.25, 0.3) is 0 Å². The van der Waals surface area contributed by atoms with Crippen LogP contribution in [0, 0.1) is 0 Å². The maximum absolute atomic E-state index is 12.4. The first-order valence-electron chi connectivity index (χ1n) is 9.21. The number of hydrogen-bond donors (Lipinski definition) is 2. The van der Waals surface area contributed by atoms with E-state index in [0.29, 0.717) is 22.2 Å². The number of rotatable bonds is 8. The van der Waals surface area contributed by atoms with Crippen molar-refractivity contribution >= 4 is 44.8 Å². The van der Waals surface area contributed by atoms with Gasteiger partial charge in [0.1, 0.15) is 0 Å². The third-order valence-corrected chi connectivity index (χ3v) is 6.54. The summed E-state index contributed by atoms with van der Waals surface area (Å²) in [6.45, 7) is 0.222. The molecule has 0 bridgehead atoms. The highest BCUT2D eigenvalue weighted by Crippen LogP contribution is 2.25. The molecule has 8 heteroatoms. The average Bonchev–Trinajstić information content (AvgIpc) is 2.74. The number of benzene rings is 3. The molecule has 30 heavy (non-hydrogen) atoms. The van der Waals surface area contributed by atoms with Crippen molar-refractivity contribution in [3.8, 4) is 0 Å². The Kier molecular flexibility index (Phi) is 7.50. The number of halogens is 2. The minimum absolute atomic E-state index is 0.172. The van der Waals surface area contributed by atoms with Crippen molar-refractivity contribution in [3.05, 3.63) is 94.0 Å². The molecular formula is C22H20Cl2N2O3S. The number of carbonyl (C=O) groups is 1. The molecule has 0 aliphatic heterocycles. The fourth-order valence-corrected chi connectivity index (χ4v) is 4.06. The monoisotopic (exact) mass is 462 g/mol. The van der Waals surface area contributed by atoms with Crippen molar-refractivity contribution in [1.29, 1.82) is 0 Å². The lowest BCUT2D eigenvalue weighted by Crippen LogP contribution is -2.23. The molecule has 0 aliphatic carbocycles. The van der Waals surface area contributed by atoms with Gasteiger partial charge in [-0.1, -0.05) is 65.7 Å². The predicted octanol–water partition coefficient (Wildman–Crippen LogP) is 5.04. The Bertz CT molecular complexity index is 1120. The molecule has 0 radical (unpaired) electrons. The van der Waals surface area contributed by atoms with Crippen LogP contribution in [0.25, 0.3) is 0 Å². The number of sulfonamides is 1. The quantitative estimate of drug-likeness (QED) is 0.491. The summed E-state index contributed by atoms with van der Waals surface area (Å²) in [5, 5.41) is 3.55. The van der Waals surface area contributed by atoms with E-state index >= 15 is 0 Å². The van der Waals surface area contributed by atoms with Crippen molar-refractivity contribution in [3.63, 3.8) is 0 Å². The van der Waals surface area contributed by atoms with E-state index in [1.165, 1.54) is 0 Å². The summed E-state index contributed by atoms with van der Waals surface area (Å²) in [6.07, 6.45) is 0.726. The fraction of sp³-hybridized carbons (Fsp3) is 0.136. The second-order valence-electron chi connectivity index (χ2n) is 6.63. The van der Waals surface area contributed by atoms with Gasteiger partial charge in [0.05, 0.1) is 14.9 Å².